The molecule has 0 radical (unpaired) electrons. The van der Waals surface area contributed by atoms with Crippen molar-refractivity contribution in [3.8, 4) is 0 Å². The van der Waals surface area contributed by atoms with Gasteiger partial charge in [0.15, 0.2) is 0 Å². The second kappa shape index (κ2) is 8.76. The summed E-state index contributed by atoms with van der Waals surface area (Å²) in [7, 11) is 0. The Bertz CT molecular complexity index is 1100. The summed E-state index contributed by atoms with van der Waals surface area (Å²) in [5, 5.41) is 4.47. The largest absolute Gasteiger partial charge is 0.282 e. The molecule has 0 saturated carbocycles. The molecule has 6 heteroatoms. The van der Waals surface area contributed by atoms with Gasteiger partial charge in [0, 0.05) is 0 Å². The second-order valence-corrected chi connectivity index (χ2v) is 12.4. The minimum Gasteiger partial charge on any atom is -0.282 e. The van der Waals surface area contributed by atoms with Crippen molar-refractivity contribution in [1.82, 2.24) is 21.2 Å². The Labute approximate surface area is 216 Å². The molecule has 0 saturated heterocycles. The molecule has 194 valence electrons. The Kier molecular flexibility index (Phi) is 6.22. The molecule has 36 heavy (non-hydrogen) atoms. The second-order valence-electron chi connectivity index (χ2n) is 12.4. The summed E-state index contributed by atoms with van der Waals surface area (Å²) in [6.07, 6.45) is 4.15. The van der Waals surface area contributed by atoms with E-state index in [1.54, 1.807) is 0 Å². The summed E-state index contributed by atoms with van der Waals surface area (Å²) in [6, 6.07) is 17.3. The minimum absolute atomic E-state index is 0.0288. The van der Waals surface area contributed by atoms with Gasteiger partial charge in [-0.1, -0.05) is 54.6 Å². The zero-order valence-corrected chi connectivity index (χ0v) is 23.1. The van der Waals surface area contributed by atoms with Gasteiger partial charge in [0.05, 0.1) is 28.8 Å². The number of hydrazine groups is 2. The van der Waals surface area contributed by atoms with Crippen LogP contribution < -0.4 is 11.2 Å². The fourth-order valence-corrected chi connectivity index (χ4v) is 6.76. The van der Waals surface area contributed by atoms with E-state index in [-0.39, 0.29) is 28.3 Å². The molecule has 1 unspecified atom stereocenters. The summed E-state index contributed by atoms with van der Waals surface area (Å²) >= 11 is 0. The molecule has 2 aromatic carbocycles. The number of nitrogens with one attached hydrogen (secondary N) is 2. The van der Waals surface area contributed by atoms with E-state index in [9.17, 15) is 0 Å². The molecular formula is C30H42N4O2. The smallest absolute Gasteiger partial charge is 0.104 e. The maximum Gasteiger partial charge on any atom is 0.104 e. The highest BCUT2D eigenvalue weighted by Gasteiger charge is 2.50. The molecule has 0 spiro atoms. The molecule has 0 bridgehead atoms. The van der Waals surface area contributed by atoms with E-state index in [0.29, 0.717) is 6.61 Å². The van der Waals surface area contributed by atoms with E-state index < -0.39 is 0 Å². The highest BCUT2D eigenvalue weighted by atomic mass is 16.7. The lowest BCUT2D eigenvalue weighted by Crippen LogP contribution is -2.55. The number of allylic oxidation sites excluding steroid dienone is 1. The molecule has 0 amide bonds. The number of hydrogen-bond donors (Lipinski definition) is 2. The number of nitrogens with zero attached hydrogens (tertiary/aromatic N) is 2. The molecule has 0 fully saturated rings. The Balaban J connectivity index is 1.21. The Morgan fingerprint density at radius 1 is 0.694 bits per heavy atom. The number of fused-ring (bicyclic) bond motifs is 2. The standard InChI is InChI=1S/C30H42N4O2/c1-27(2)22-15-9-10-16-23(22)28(3,4)33(27)31-35-20-21-14-13-19-26(21)36-32-34-29(5,6)24-17-11-12-18-25(24)30(34,7)8/h9-12,14-18,26,31-32H,13,19-20H2,1-8H3. The highest BCUT2D eigenvalue weighted by molar-refractivity contribution is 5.43. The quantitative estimate of drug-likeness (QED) is 0.371. The van der Waals surface area contributed by atoms with Crippen LogP contribution in [-0.2, 0) is 31.8 Å². The van der Waals surface area contributed by atoms with Crippen LogP contribution >= 0.6 is 0 Å². The molecule has 1 aliphatic carbocycles. The normalized spacial score (nSPS) is 25.6. The predicted molar refractivity (Wildman–Crippen MR) is 143 cm³/mol. The maximum atomic E-state index is 6.34. The average molecular weight is 491 g/mol. The van der Waals surface area contributed by atoms with Crippen LogP contribution in [0.2, 0.25) is 0 Å². The molecule has 3 aliphatic rings. The zero-order valence-electron chi connectivity index (χ0n) is 23.1. The van der Waals surface area contributed by atoms with Gasteiger partial charge < -0.3 is 0 Å². The van der Waals surface area contributed by atoms with Gasteiger partial charge >= 0.3 is 0 Å². The lowest BCUT2D eigenvalue weighted by atomic mass is 9.91. The molecule has 6 nitrogen and oxygen atoms in total. The predicted octanol–water partition coefficient (Wildman–Crippen LogP) is 5.92. The topological polar surface area (TPSA) is 49.0 Å². The first kappa shape index (κ1) is 25.6. The van der Waals surface area contributed by atoms with Crippen molar-refractivity contribution < 1.29 is 9.68 Å². The third kappa shape index (κ3) is 3.87. The van der Waals surface area contributed by atoms with Crippen molar-refractivity contribution in [3.63, 3.8) is 0 Å². The van der Waals surface area contributed by atoms with Crippen LogP contribution in [0.5, 0.6) is 0 Å². The van der Waals surface area contributed by atoms with Gasteiger partial charge in [0.1, 0.15) is 6.10 Å². The average Bonchev–Trinajstić information content (AvgIpc) is 3.38. The first-order chi connectivity index (χ1) is 16.9. The van der Waals surface area contributed by atoms with Crippen molar-refractivity contribution >= 4 is 0 Å². The summed E-state index contributed by atoms with van der Waals surface area (Å²) < 4.78 is 0. The molecular weight excluding hydrogens is 448 g/mol. The summed E-state index contributed by atoms with van der Waals surface area (Å²) in [5.74, 6) is 0. The SMILES string of the molecule is CC1(C)c2ccccc2C(C)(C)N1NOCC1=CCCC1ONN1C(C)(C)c2ccccc2C1(C)C. The van der Waals surface area contributed by atoms with Crippen molar-refractivity contribution in [2.75, 3.05) is 6.61 Å². The monoisotopic (exact) mass is 490 g/mol. The minimum atomic E-state index is -0.192. The lowest BCUT2D eigenvalue weighted by Gasteiger charge is -2.41. The van der Waals surface area contributed by atoms with Gasteiger partial charge in [-0.15, -0.1) is 11.2 Å². The van der Waals surface area contributed by atoms with E-state index in [0.717, 1.165) is 18.4 Å². The molecule has 5 rings (SSSR count). The van der Waals surface area contributed by atoms with Crippen LogP contribution in [-0.4, -0.2) is 22.7 Å². The van der Waals surface area contributed by atoms with E-state index in [1.165, 1.54) is 22.3 Å². The van der Waals surface area contributed by atoms with E-state index >= 15 is 0 Å². The van der Waals surface area contributed by atoms with Crippen LogP contribution in [0.1, 0.15) is 90.5 Å². The fraction of sp³-hybridized carbons (Fsp3) is 0.533. The zero-order chi connectivity index (χ0) is 25.9. The van der Waals surface area contributed by atoms with Crippen molar-refractivity contribution in [3.05, 3.63) is 82.4 Å². The van der Waals surface area contributed by atoms with E-state index in [1.807, 2.05) is 0 Å². The third-order valence-electron chi connectivity index (χ3n) is 8.66. The third-order valence-corrected chi connectivity index (χ3v) is 8.66. The molecule has 2 heterocycles. The van der Waals surface area contributed by atoms with Crippen LogP contribution in [0, 0.1) is 0 Å². The summed E-state index contributed by atoms with van der Waals surface area (Å²) in [4.78, 5) is 12.5. The highest BCUT2D eigenvalue weighted by Crippen LogP contribution is 2.49. The van der Waals surface area contributed by atoms with Crippen molar-refractivity contribution in [1.29, 1.82) is 0 Å². The van der Waals surface area contributed by atoms with Gasteiger partial charge in [-0.05, 0) is 96.1 Å². The number of benzene rings is 2. The first-order valence-electron chi connectivity index (χ1n) is 13.2. The Morgan fingerprint density at radius 2 is 1.11 bits per heavy atom. The molecule has 0 aromatic heterocycles. The van der Waals surface area contributed by atoms with Crippen molar-refractivity contribution in [2.24, 2.45) is 0 Å². The number of rotatable bonds is 7. The van der Waals surface area contributed by atoms with Crippen LogP contribution in [0.25, 0.3) is 0 Å². The van der Waals surface area contributed by atoms with Gasteiger partial charge in [-0.25, -0.2) is 10.0 Å². The Hall–Kier alpha value is -2.06. The Morgan fingerprint density at radius 3 is 1.56 bits per heavy atom. The van der Waals surface area contributed by atoms with Crippen LogP contribution in [0.3, 0.4) is 0 Å². The molecule has 1 atom stereocenters. The van der Waals surface area contributed by atoms with Crippen LogP contribution in [0.15, 0.2) is 60.2 Å². The van der Waals surface area contributed by atoms with Gasteiger partial charge in [0.25, 0.3) is 0 Å². The fourth-order valence-electron chi connectivity index (χ4n) is 6.76. The van der Waals surface area contributed by atoms with Crippen LogP contribution in [0.4, 0.5) is 0 Å². The van der Waals surface area contributed by atoms with Gasteiger partial charge in [0.2, 0.25) is 0 Å². The number of hydrogen-bond acceptors (Lipinski definition) is 6. The van der Waals surface area contributed by atoms with Gasteiger partial charge in [-0.3, -0.25) is 9.68 Å². The summed E-state index contributed by atoms with van der Waals surface area (Å²) in [6.45, 7) is 18.4. The summed E-state index contributed by atoms with van der Waals surface area (Å²) in [5.41, 5.74) is 12.4. The van der Waals surface area contributed by atoms with Gasteiger partial charge in [-0.2, -0.15) is 0 Å². The molecule has 2 N–H and O–H groups in total. The maximum absolute atomic E-state index is 6.34. The van der Waals surface area contributed by atoms with Crippen molar-refractivity contribution in [2.45, 2.75) is 96.5 Å². The van der Waals surface area contributed by atoms with E-state index in [4.69, 9.17) is 9.68 Å². The molecule has 2 aliphatic heterocycles. The van der Waals surface area contributed by atoms with E-state index in [2.05, 4.69) is 131 Å². The molecule has 2 aromatic rings. The lowest BCUT2D eigenvalue weighted by molar-refractivity contribution is -0.186. The first-order valence-corrected chi connectivity index (χ1v) is 13.2.